The van der Waals surface area contributed by atoms with Gasteiger partial charge in [0, 0.05) is 25.1 Å². The molecule has 2 saturated heterocycles. The summed E-state index contributed by atoms with van der Waals surface area (Å²) in [5.74, 6) is -2.10. The monoisotopic (exact) mass is 602 g/mol. The van der Waals surface area contributed by atoms with E-state index in [9.17, 15) is 28.6 Å². The van der Waals surface area contributed by atoms with Crippen molar-refractivity contribution < 1.29 is 42.7 Å². The number of alkyl carbamates (subject to hydrolysis) is 1. The van der Waals surface area contributed by atoms with Gasteiger partial charge < -0.3 is 34.7 Å². The first-order valence-electron chi connectivity index (χ1n) is 15.0. The van der Waals surface area contributed by atoms with Crippen molar-refractivity contribution >= 4 is 31.1 Å². The molecule has 0 radical (unpaired) electrons. The van der Waals surface area contributed by atoms with E-state index in [4.69, 9.17) is 14.1 Å². The predicted octanol–water partition coefficient (Wildman–Crippen LogP) is 2.26. The number of hydrogen-bond acceptors (Lipinski definition) is 8. The number of carbonyl (C=O) groups is 4. The van der Waals surface area contributed by atoms with Gasteiger partial charge in [0.05, 0.1) is 19.0 Å². The van der Waals surface area contributed by atoms with Gasteiger partial charge in [-0.1, -0.05) is 32.9 Å². The van der Waals surface area contributed by atoms with E-state index in [0.717, 1.165) is 25.7 Å². The fourth-order valence-corrected chi connectivity index (χ4v) is 6.22. The Bertz CT molecular complexity index is 1240. The highest BCUT2D eigenvalue weighted by Gasteiger charge is 2.48. The van der Waals surface area contributed by atoms with Crippen molar-refractivity contribution in [1.29, 1.82) is 0 Å². The predicted molar refractivity (Wildman–Crippen MR) is 152 cm³/mol. The van der Waals surface area contributed by atoms with Crippen molar-refractivity contribution in [1.82, 2.24) is 20.4 Å². The van der Waals surface area contributed by atoms with Gasteiger partial charge in [-0.25, -0.2) is 14.0 Å². The van der Waals surface area contributed by atoms with E-state index < -0.39 is 66.5 Å². The van der Waals surface area contributed by atoms with Crippen LogP contribution >= 0.6 is 0 Å². The van der Waals surface area contributed by atoms with Crippen LogP contribution in [0.3, 0.4) is 0 Å². The molecule has 0 bridgehead atoms. The first kappa shape index (κ1) is 31.1. The van der Waals surface area contributed by atoms with Crippen molar-refractivity contribution in [2.45, 2.75) is 103 Å². The molecule has 3 fully saturated rings. The van der Waals surface area contributed by atoms with E-state index in [1.807, 2.05) is 0 Å². The van der Waals surface area contributed by atoms with Crippen LogP contribution in [-0.2, 0) is 36.8 Å². The maximum Gasteiger partial charge on any atom is 0.478 e. The molecule has 234 valence electrons. The number of nitrogens with one attached hydrogen (secondary N) is 2. The molecule has 0 spiro atoms. The zero-order valence-electron chi connectivity index (χ0n) is 24.8. The second-order valence-electron chi connectivity index (χ2n) is 12.9. The molecule has 0 unspecified atom stereocenters. The molecule has 3 heterocycles. The quantitative estimate of drug-likeness (QED) is 0.421. The lowest BCUT2D eigenvalue weighted by Crippen LogP contribution is -2.59. The second kappa shape index (κ2) is 12.7. The van der Waals surface area contributed by atoms with E-state index in [0.29, 0.717) is 17.5 Å². The number of ether oxygens (including phenoxy) is 2. The Morgan fingerprint density at radius 1 is 1.09 bits per heavy atom. The van der Waals surface area contributed by atoms with Crippen LogP contribution in [0.5, 0.6) is 0 Å². The Balaban J connectivity index is 1.30. The number of carbonyl (C=O) groups excluding carboxylic acids is 4. The number of fused-ring (bicyclic) bond motifs is 1. The second-order valence-corrected chi connectivity index (χ2v) is 12.9. The summed E-state index contributed by atoms with van der Waals surface area (Å²) in [6.45, 7) is 5.81. The molecule has 5 rings (SSSR count). The minimum absolute atomic E-state index is 0.00547. The third kappa shape index (κ3) is 7.06. The van der Waals surface area contributed by atoms with Crippen molar-refractivity contribution in [3.8, 4) is 0 Å². The first-order chi connectivity index (χ1) is 20.4. The van der Waals surface area contributed by atoms with Crippen LogP contribution < -0.4 is 10.6 Å². The summed E-state index contributed by atoms with van der Waals surface area (Å²) in [7, 11) is -1.17. The van der Waals surface area contributed by atoms with Gasteiger partial charge >= 0.3 is 19.3 Å². The van der Waals surface area contributed by atoms with Gasteiger partial charge in [-0.15, -0.1) is 0 Å². The van der Waals surface area contributed by atoms with E-state index in [-0.39, 0.29) is 38.8 Å². The maximum absolute atomic E-state index is 14.2. The lowest BCUT2D eigenvalue weighted by molar-refractivity contribution is -0.142. The molecular weight excluding hydrogens is 562 g/mol. The molecule has 4 amide bonds. The van der Waals surface area contributed by atoms with Crippen molar-refractivity contribution in [2.24, 2.45) is 5.41 Å². The van der Waals surface area contributed by atoms with Crippen LogP contribution in [0.4, 0.5) is 14.0 Å². The molecule has 1 saturated carbocycles. The van der Waals surface area contributed by atoms with Gasteiger partial charge in [0.25, 0.3) is 0 Å². The molecule has 12 nitrogen and oxygen atoms in total. The van der Waals surface area contributed by atoms with E-state index >= 15 is 0 Å². The number of halogens is 1. The molecular formula is C29H40BFN4O8. The van der Waals surface area contributed by atoms with E-state index in [1.54, 1.807) is 32.9 Å². The summed E-state index contributed by atoms with van der Waals surface area (Å²) >= 11 is 0. The van der Waals surface area contributed by atoms with Crippen LogP contribution in [0.25, 0.3) is 0 Å². The number of amides is 4. The van der Waals surface area contributed by atoms with Gasteiger partial charge in [-0.3, -0.25) is 14.5 Å². The molecule has 3 aliphatic heterocycles. The van der Waals surface area contributed by atoms with Crippen molar-refractivity contribution in [2.75, 3.05) is 13.2 Å². The van der Waals surface area contributed by atoms with Gasteiger partial charge in [-0.05, 0) is 49.1 Å². The highest BCUT2D eigenvalue weighted by molar-refractivity contribution is 6.46. The molecule has 3 N–H and O–H groups in total. The van der Waals surface area contributed by atoms with Crippen LogP contribution in [0, 0.1) is 11.2 Å². The molecule has 4 aliphatic rings. The summed E-state index contributed by atoms with van der Waals surface area (Å²) in [6, 6.07) is 2.60. The van der Waals surface area contributed by atoms with Crippen LogP contribution in [-0.4, -0.2) is 89.3 Å². The minimum Gasteiger partial charge on any atom is -0.446 e. The summed E-state index contributed by atoms with van der Waals surface area (Å²) in [6.07, 6.45) is 1.49. The lowest BCUT2D eigenvalue weighted by atomic mass is 9.80. The van der Waals surface area contributed by atoms with Crippen LogP contribution in [0.15, 0.2) is 18.2 Å². The number of nitrogens with zero attached hydrogens (tertiary/aromatic N) is 2. The Hall–Kier alpha value is -3.39. The number of rotatable bonds is 6. The summed E-state index contributed by atoms with van der Waals surface area (Å²) < 4.78 is 30.7. The Labute approximate surface area is 250 Å². The summed E-state index contributed by atoms with van der Waals surface area (Å²) in [5.41, 5.74) is 0.377. The number of benzene rings is 1. The topological polar surface area (TPSA) is 147 Å². The maximum atomic E-state index is 14.2. The summed E-state index contributed by atoms with van der Waals surface area (Å²) in [4.78, 5) is 56.2. The van der Waals surface area contributed by atoms with E-state index in [1.165, 1.54) is 15.9 Å². The third-order valence-corrected chi connectivity index (χ3v) is 8.64. The zero-order valence-corrected chi connectivity index (χ0v) is 24.8. The molecule has 1 aromatic rings. The summed E-state index contributed by atoms with van der Waals surface area (Å²) in [5, 5.41) is 15.5. The van der Waals surface area contributed by atoms with Crippen molar-refractivity contribution in [3.05, 3.63) is 35.1 Å². The minimum atomic E-state index is -1.17. The van der Waals surface area contributed by atoms with Crippen LogP contribution in [0.1, 0.15) is 70.4 Å². The highest BCUT2D eigenvalue weighted by atomic mass is 19.1. The van der Waals surface area contributed by atoms with Crippen molar-refractivity contribution in [3.63, 3.8) is 0 Å². The highest BCUT2D eigenvalue weighted by Crippen LogP contribution is 2.30. The Morgan fingerprint density at radius 2 is 1.84 bits per heavy atom. The average Bonchev–Trinajstić information content (AvgIpc) is 3.74. The van der Waals surface area contributed by atoms with Gasteiger partial charge in [0.15, 0.2) is 0 Å². The normalized spacial score (nSPS) is 24.6. The first-order valence-corrected chi connectivity index (χ1v) is 15.0. The number of hydrogen-bond donors (Lipinski definition) is 3. The molecule has 14 heteroatoms. The van der Waals surface area contributed by atoms with E-state index in [2.05, 4.69) is 10.6 Å². The Kier molecular flexibility index (Phi) is 9.16. The van der Waals surface area contributed by atoms with Gasteiger partial charge in [0.2, 0.25) is 11.8 Å². The van der Waals surface area contributed by atoms with Crippen LogP contribution in [0.2, 0.25) is 0 Å². The average molecular weight is 602 g/mol. The molecule has 0 aromatic heterocycles. The Morgan fingerprint density at radius 3 is 2.49 bits per heavy atom. The zero-order chi connectivity index (χ0) is 30.9. The van der Waals surface area contributed by atoms with Gasteiger partial charge in [0.1, 0.15) is 30.1 Å². The third-order valence-electron chi connectivity index (χ3n) is 8.64. The van der Waals surface area contributed by atoms with Gasteiger partial charge in [-0.2, -0.15) is 0 Å². The fourth-order valence-electron chi connectivity index (χ4n) is 6.22. The molecule has 1 aromatic carbocycles. The standard InChI is InChI=1S/C29H40BFN4O8/c1-29(2,3)24(33-27(38)42-18-8-4-5-9-18)26(37)35-15-19(13-22(35)25(36)32-23-11-12-41-30(23)40)43-28(39)34-14-17-7-6-10-21(31)20(17)16-34/h6-7,10,18-19,22-24,40H,4-5,8-9,11-16H2,1-3H3,(H,32,36)(H,33,38)/t19-,22+,23+,24-/m1/s1. The SMILES string of the molecule is CC(C)(C)[C@H](NC(=O)OC1CCCC1)C(=O)N1C[C@H](OC(=O)N2Cc3cccc(F)c3C2)C[C@H]1C(=O)N[C@H]1CCOB1O. The molecule has 43 heavy (non-hydrogen) atoms. The smallest absolute Gasteiger partial charge is 0.446 e. The largest absolute Gasteiger partial charge is 0.478 e. The molecule has 4 atom stereocenters. The molecule has 1 aliphatic carbocycles. The lowest BCUT2D eigenvalue weighted by Gasteiger charge is -2.35. The fraction of sp³-hybridized carbons (Fsp3) is 0.655. The number of likely N-dealkylation sites (tertiary alicyclic amines) is 1.